The van der Waals surface area contributed by atoms with Crippen LogP contribution in [0.1, 0.15) is 21.5 Å². The van der Waals surface area contributed by atoms with Gasteiger partial charge in [0.2, 0.25) is 0 Å². The van der Waals surface area contributed by atoms with Gasteiger partial charge in [0, 0.05) is 16.8 Å². The number of benzene rings is 2. The van der Waals surface area contributed by atoms with Gasteiger partial charge in [-0.3, -0.25) is 9.48 Å². The lowest BCUT2D eigenvalue weighted by Crippen LogP contribution is -2.17. The van der Waals surface area contributed by atoms with E-state index in [0.29, 0.717) is 16.8 Å². The quantitative estimate of drug-likeness (QED) is 0.522. The van der Waals surface area contributed by atoms with Crippen LogP contribution in [-0.4, -0.2) is 28.5 Å². The smallest absolute Gasteiger partial charge is 0.367 e. The van der Waals surface area contributed by atoms with Gasteiger partial charge in [-0.1, -0.05) is 29.8 Å². The normalized spacial score (nSPS) is 11.5. The third-order valence-electron chi connectivity index (χ3n) is 3.96. The minimum Gasteiger partial charge on any atom is -0.367 e. The van der Waals surface area contributed by atoms with Crippen LogP contribution in [-0.2, 0) is 17.9 Å². The first kappa shape index (κ1) is 21.8. The van der Waals surface area contributed by atoms with Crippen LogP contribution in [0, 0.1) is 5.82 Å². The molecular formula is C20H16ClF4N3O2. The number of ether oxygens (including phenoxy) is 1. The molecule has 0 saturated heterocycles. The largest absolute Gasteiger partial charge is 0.411 e. The number of hydrogen-bond acceptors (Lipinski definition) is 3. The first-order valence-electron chi connectivity index (χ1n) is 8.71. The van der Waals surface area contributed by atoms with Crippen LogP contribution in [0.5, 0.6) is 0 Å². The standard InChI is InChI=1S/C20H16ClF4N3O2/c21-18-7-16(22)5-4-15(18)9-28-10-17(8-26-28)27-19(29)14-3-1-2-13(6-14)11-30-12-20(23,24)25/h1-8,10H,9,11-12H2,(H,27,29). The summed E-state index contributed by atoms with van der Waals surface area (Å²) in [7, 11) is 0. The van der Waals surface area contributed by atoms with Crippen LogP contribution in [0.15, 0.2) is 54.9 Å². The van der Waals surface area contributed by atoms with Crippen LogP contribution < -0.4 is 5.32 Å². The average Bonchev–Trinajstić information content (AvgIpc) is 3.10. The van der Waals surface area contributed by atoms with Gasteiger partial charge in [0.25, 0.3) is 5.91 Å². The molecule has 1 amide bonds. The summed E-state index contributed by atoms with van der Waals surface area (Å²) in [5.74, 6) is -0.893. The van der Waals surface area contributed by atoms with E-state index >= 15 is 0 Å². The predicted molar refractivity (Wildman–Crippen MR) is 103 cm³/mol. The lowest BCUT2D eigenvalue weighted by Gasteiger charge is -2.09. The molecule has 30 heavy (non-hydrogen) atoms. The van der Waals surface area contributed by atoms with Crippen LogP contribution >= 0.6 is 11.6 Å². The van der Waals surface area contributed by atoms with Crippen molar-refractivity contribution in [2.45, 2.75) is 19.3 Å². The minimum absolute atomic E-state index is 0.262. The summed E-state index contributed by atoms with van der Waals surface area (Å²) in [4.78, 5) is 12.4. The van der Waals surface area contributed by atoms with Crippen molar-refractivity contribution in [1.82, 2.24) is 9.78 Å². The van der Waals surface area contributed by atoms with E-state index < -0.39 is 24.5 Å². The summed E-state index contributed by atoms with van der Waals surface area (Å²) in [6.07, 6.45) is -1.40. The van der Waals surface area contributed by atoms with E-state index in [1.807, 2.05) is 0 Å². The second kappa shape index (κ2) is 9.27. The molecule has 5 nitrogen and oxygen atoms in total. The van der Waals surface area contributed by atoms with Crippen molar-refractivity contribution in [2.75, 3.05) is 11.9 Å². The number of carbonyl (C=O) groups excluding carboxylic acids is 1. The van der Waals surface area contributed by atoms with E-state index in [2.05, 4.69) is 15.2 Å². The predicted octanol–water partition coefficient (Wildman–Crippen LogP) is 5.06. The molecule has 3 rings (SSSR count). The van der Waals surface area contributed by atoms with E-state index in [9.17, 15) is 22.4 Å². The number of aromatic nitrogens is 2. The molecule has 0 radical (unpaired) electrons. The first-order valence-corrected chi connectivity index (χ1v) is 9.08. The highest BCUT2D eigenvalue weighted by Crippen LogP contribution is 2.19. The Morgan fingerprint density at radius 2 is 2.00 bits per heavy atom. The van der Waals surface area contributed by atoms with E-state index in [0.717, 1.165) is 0 Å². The summed E-state index contributed by atoms with van der Waals surface area (Å²) < 4.78 is 55.8. The lowest BCUT2D eigenvalue weighted by atomic mass is 10.1. The summed E-state index contributed by atoms with van der Waals surface area (Å²) in [5, 5.41) is 7.05. The van der Waals surface area contributed by atoms with Gasteiger partial charge < -0.3 is 10.1 Å². The van der Waals surface area contributed by atoms with E-state index in [1.54, 1.807) is 24.4 Å². The number of rotatable bonds is 7. The molecule has 1 aromatic heterocycles. The van der Waals surface area contributed by atoms with Crippen molar-refractivity contribution in [3.05, 3.63) is 82.4 Å². The molecule has 1 N–H and O–H groups in total. The second-order valence-electron chi connectivity index (χ2n) is 6.42. The maximum Gasteiger partial charge on any atom is 0.411 e. The van der Waals surface area contributed by atoms with Gasteiger partial charge in [0.15, 0.2) is 0 Å². The zero-order valence-electron chi connectivity index (χ0n) is 15.4. The van der Waals surface area contributed by atoms with Crippen molar-refractivity contribution in [2.24, 2.45) is 0 Å². The van der Waals surface area contributed by atoms with Gasteiger partial charge in [0.05, 0.1) is 25.0 Å². The highest BCUT2D eigenvalue weighted by atomic mass is 35.5. The third kappa shape index (κ3) is 6.30. The highest BCUT2D eigenvalue weighted by Gasteiger charge is 2.27. The zero-order valence-corrected chi connectivity index (χ0v) is 16.2. The van der Waals surface area contributed by atoms with Crippen LogP contribution in [0.3, 0.4) is 0 Å². The first-order chi connectivity index (χ1) is 14.2. The fraction of sp³-hybridized carbons (Fsp3) is 0.200. The monoisotopic (exact) mass is 441 g/mol. The Bertz CT molecular complexity index is 1040. The Hall–Kier alpha value is -2.91. The molecule has 0 aliphatic heterocycles. The van der Waals surface area contributed by atoms with Gasteiger partial charge in [0.1, 0.15) is 12.4 Å². The fourth-order valence-electron chi connectivity index (χ4n) is 2.63. The molecule has 0 unspecified atom stereocenters. The molecule has 0 aliphatic rings. The number of hydrogen-bond donors (Lipinski definition) is 1. The van der Waals surface area contributed by atoms with Crippen LogP contribution in [0.2, 0.25) is 5.02 Å². The van der Waals surface area contributed by atoms with Crippen molar-refractivity contribution in [1.29, 1.82) is 0 Å². The Labute approximate surface area is 174 Å². The molecule has 2 aromatic carbocycles. The number of carbonyl (C=O) groups is 1. The van der Waals surface area contributed by atoms with Crippen molar-refractivity contribution >= 4 is 23.2 Å². The van der Waals surface area contributed by atoms with Gasteiger partial charge in [-0.25, -0.2) is 4.39 Å². The number of anilines is 1. The number of alkyl halides is 3. The molecule has 0 atom stereocenters. The number of halogens is 5. The maximum atomic E-state index is 13.1. The average molecular weight is 442 g/mol. The molecule has 0 fully saturated rings. The van der Waals surface area contributed by atoms with Gasteiger partial charge in [-0.15, -0.1) is 0 Å². The van der Waals surface area contributed by atoms with Crippen molar-refractivity contribution in [3.63, 3.8) is 0 Å². The molecule has 0 aliphatic carbocycles. The Kier molecular flexibility index (Phi) is 6.73. The van der Waals surface area contributed by atoms with E-state index in [4.69, 9.17) is 11.6 Å². The third-order valence-corrected chi connectivity index (χ3v) is 4.31. The number of nitrogens with zero attached hydrogens (tertiary/aromatic N) is 2. The topological polar surface area (TPSA) is 56.2 Å². The van der Waals surface area contributed by atoms with E-state index in [-0.39, 0.29) is 23.7 Å². The molecule has 10 heteroatoms. The summed E-state index contributed by atoms with van der Waals surface area (Å²) in [5.41, 5.74) is 1.77. The van der Waals surface area contributed by atoms with Crippen LogP contribution in [0.4, 0.5) is 23.2 Å². The summed E-state index contributed by atoms with van der Waals surface area (Å²) in [6.45, 7) is -1.35. The van der Waals surface area contributed by atoms with Gasteiger partial charge in [-0.2, -0.15) is 18.3 Å². The van der Waals surface area contributed by atoms with Crippen molar-refractivity contribution < 1.29 is 27.1 Å². The number of amides is 1. The highest BCUT2D eigenvalue weighted by molar-refractivity contribution is 6.31. The fourth-order valence-corrected chi connectivity index (χ4v) is 2.86. The van der Waals surface area contributed by atoms with Gasteiger partial charge in [-0.05, 0) is 35.4 Å². The number of nitrogens with one attached hydrogen (secondary N) is 1. The Morgan fingerprint density at radius 1 is 1.20 bits per heavy atom. The molecule has 1 heterocycles. The Balaban J connectivity index is 1.60. The second-order valence-corrected chi connectivity index (χ2v) is 6.83. The minimum atomic E-state index is -4.41. The maximum absolute atomic E-state index is 13.1. The van der Waals surface area contributed by atoms with Gasteiger partial charge >= 0.3 is 6.18 Å². The molecule has 0 bridgehead atoms. The van der Waals surface area contributed by atoms with E-state index in [1.165, 1.54) is 35.1 Å². The van der Waals surface area contributed by atoms with Crippen LogP contribution in [0.25, 0.3) is 0 Å². The molecular weight excluding hydrogens is 426 g/mol. The molecule has 0 saturated carbocycles. The van der Waals surface area contributed by atoms with Crippen molar-refractivity contribution in [3.8, 4) is 0 Å². The summed E-state index contributed by atoms with van der Waals surface area (Å²) >= 11 is 6.00. The molecule has 158 valence electrons. The SMILES string of the molecule is O=C(Nc1cnn(Cc2ccc(F)cc2Cl)c1)c1cccc(COCC(F)(F)F)c1. The Morgan fingerprint density at radius 3 is 2.73 bits per heavy atom. The lowest BCUT2D eigenvalue weighted by molar-refractivity contribution is -0.176. The molecule has 0 spiro atoms. The molecule has 3 aromatic rings. The summed E-state index contributed by atoms with van der Waals surface area (Å²) in [6, 6.07) is 10.1. The zero-order chi connectivity index (χ0) is 21.7.